The molecule has 148 valence electrons. The molecule has 0 bridgehead atoms. The molecule has 2 heterocycles. The SMILES string of the molecule is Cc1cc(C)n(-c2ccc(C(C)Nc3sc(S(C)(=O)=O)cc3[N+](=O)[O-])cc2)n1. The van der Waals surface area contributed by atoms with Crippen LogP contribution in [0.25, 0.3) is 5.69 Å². The van der Waals surface area contributed by atoms with Crippen molar-refractivity contribution in [3.05, 3.63) is 63.5 Å². The van der Waals surface area contributed by atoms with Crippen molar-refractivity contribution >= 4 is 31.9 Å². The monoisotopic (exact) mass is 420 g/mol. The van der Waals surface area contributed by atoms with Gasteiger partial charge in [0.2, 0.25) is 0 Å². The molecule has 3 aromatic rings. The quantitative estimate of drug-likeness (QED) is 0.476. The third kappa shape index (κ3) is 4.07. The highest BCUT2D eigenvalue weighted by molar-refractivity contribution is 7.92. The molecule has 0 saturated heterocycles. The number of anilines is 1. The van der Waals surface area contributed by atoms with E-state index in [1.807, 2.05) is 55.8 Å². The second-order valence-electron chi connectivity index (χ2n) is 6.61. The first-order chi connectivity index (χ1) is 13.1. The molecule has 0 fully saturated rings. The summed E-state index contributed by atoms with van der Waals surface area (Å²) in [6.45, 7) is 5.78. The van der Waals surface area contributed by atoms with Gasteiger partial charge in [0.25, 0.3) is 0 Å². The molecule has 0 spiro atoms. The minimum Gasteiger partial charge on any atom is -0.365 e. The molecule has 1 unspecified atom stereocenters. The molecule has 0 radical (unpaired) electrons. The first-order valence-electron chi connectivity index (χ1n) is 8.44. The number of nitrogens with zero attached hydrogens (tertiary/aromatic N) is 3. The molecular weight excluding hydrogens is 400 g/mol. The van der Waals surface area contributed by atoms with Crippen LogP contribution in [0, 0.1) is 24.0 Å². The van der Waals surface area contributed by atoms with Gasteiger partial charge in [-0.05, 0) is 44.5 Å². The Kier molecular flexibility index (Phi) is 5.26. The maximum atomic E-state index is 11.7. The van der Waals surface area contributed by atoms with E-state index in [0.717, 1.165) is 46.3 Å². The first-order valence-corrected chi connectivity index (χ1v) is 11.2. The molecular formula is C18H20N4O4S2. The van der Waals surface area contributed by atoms with Gasteiger partial charge < -0.3 is 5.32 Å². The van der Waals surface area contributed by atoms with Crippen LogP contribution in [0.1, 0.15) is 29.9 Å². The van der Waals surface area contributed by atoms with Crippen LogP contribution in [0.4, 0.5) is 10.7 Å². The van der Waals surface area contributed by atoms with Gasteiger partial charge in [0.15, 0.2) is 14.8 Å². The van der Waals surface area contributed by atoms with Crippen molar-refractivity contribution in [3.8, 4) is 5.69 Å². The van der Waals surface area contributed by atoms with Crippen molar-refractivity contribution in [2.75, 3.05) is 11.6 Å². The van der Waals surface area contributed by atoms with Crippen LogP contribution in [-0.4, -0.2) is 29.4 Å². The lowest BCUT2D eigenvalue weighted by atomic mass is 10.1. The third-order valence-corrected chi connectivity index (χ3v) is 7.10. The van der Waals surface area contributed by atoms with E-state index in [4.69, 9.17) is 0 Å². The Bertz CT molecular complexity index is 1130. The van der Waals surface area contributed by atoms with E-state index in [9.17, 15) is 18.5 Å². The van der Waals surface area contributed by atoms with Gasteiger partial charge in [-0.15, -0.1) is 0 Å². The van der Waals surface area contributed by atoms with E-state index < -0.39 is 14.8 Å². The number of sulfone groups is 1. The molecule has 28 heavy (non-hydrogen) atoms. The van der Waals surface area contributed by atoms with Crippen LogP contribution in [0.3, 0.4) is 0 Å². The van der Waals surface area contributed by atoms with Gasteiger partial charge in [-0.1, -0.05) is 23.5 Å². The molecule has 1 N–H and O–H groups in total. The van der Waals surface area contributed by atoms with Crippen LogP contribution in [0.2, 0.25) is 0 Å². The Balaban J connectivity index is 1.85. The fraction of sp³-hybridized carbons (Fsp3) is 0.278. The lowest BCUT2D eigenvalue weighted by molar-refractivity contribution is -0.383. The highest BCUT2D eigenvalue weighted by atomic mass is 32.2. The average molecular weight is 421 g/mol. The fourth-order valence-corrected chi connectivity index (χ4v) is 4.88. The van der Waals surface area contributed by atoms with Gasteiger partial charge in [-0.2, -0.15) is 5.10 Å². The second kappa shape index (κ2) is 7.36. The number of nitro groups is 1. The first kappa shape index (κ1) is 20.0. The molecule has 1 aromatic carbocycles. The molecule has 0 aliphatic heterocycles. The molecule has 2 aromatic heterocycles. The minimum absolute atomic E-state index is 0.0335. The van der Waals surface area contributed by atoms with Gasteiger partial charge >= 0.3 is 5.69 Å². The molecule has 0 amide bonds. The highest BCUT2D eigenvalue weighted by Crippen LogP contribution is 2.39. The number of hydrogen-bond donors (Lipinski definition) is 1. The van der Waals surface area contributed by atoms with Crippen molar-refractivity contribution in [1.29, 1.82) is 0 Å². The lowest BCUT2D eigenvalue weighted by Crippen LogP contribution is -2.07. The summed E-state index contributed by atoms with van der Waals surface area (Å²) >= 11 is 0.868. The van der Waals surface area contributed by atoms with Gasteiger partial charge in [0.05, 0.1) is 16.3 Å². The molecule has 0 aliphatic rings. The van der Waals surface area contributed by atoms with Crippen molar-refractivity contribution in [3.63, 3.8) is 0 Å². The predicted molar refractivity (Wildman–Crippen MR) is 109 cm³/mol. The number of aromatic nitrogens is 2. The second-order valence-corrected chi connectivity index (χ2v) is 9.90. The van der Waals surface area contributed by atoms with E-state index in [-0.39, 0.29) is 20.9 Å². The van der Waals surface area contributed by atoms with Crippen LogP contribution >= 0.6 is 11.3 Å². The average Bonchev–Trinajstić information content (AvgIpc) is 3.18. The normalized spacial score (nSPS) is 12.7. The predicted octanol–water partition coefficient (Wildman–Crippen LogP) is 4.04. The van der Waals surface area contributed by atoms with Crippen molar-refractivity contribution in [2.24, 2.45) is 0 Å². The zero-order chi connectivity index (χ0) is 20.6. The van der Waals surface area contributed by atoms with Crippen LogP contribution in [-0.2, 0) is 9.84 Å². The van der Waals surface area contributed by atoms with Crippen LogP contribution < -0.4 is 5.32 Å². The summed E-state index contributed by atoms with van der Waals surface area (Å²) in [5, 5.41) is 19.0. The van der Waals surface area contributed by atoms with E-state index in [1.54, 1.807) is 0 Å². The largest absolute Gasteiger partial charge is 0.365 e. The summed E-state index contributed by atoms with van der Waals surface area (Å²) < 4.78 is 25.3. The van der Waals surface area contributed by atoms with Crippen LogP contribution in [0.15, 0.2) is 40.6 Å². The molecule has 10 heteroatoms. The lowest BCUT2D eigenvalue weighted by Gasteiger charge is -2.15. The number of nitrogens with one attached hydrogen (secondary N) is 1. The Labute approximate surface area is 166 Å². The van der Waals surface area contributed by atoms with Crippen LogP contribution in [0.5, 0.6) is 0 Å². The van der Waals surface area contributed by atoms with E-state index in [1.165, 1.54) is 0 Å². The zero-order valence-corrected chi connectivity index (χ0v) is 17.5. The van der Waals surface area contributed by atoms with Gasteiger partial charge in [-0.25, -0.2) is 13.1 Å². The van der Waals surface area contributed by atoms with E-state index in [0.29, 0.717) is 0 Å². The topological polar surface area (TPSA) is 107 Å². The Morgan fingerprint density at radius 1 is 1.21 bits per heavy atom. The number of thiophene rings is 1. The van der Waals surface area contributed by atoms with Crippen molar-refractivity contribution in [2.45, 2.75) is 31.0 Å². The molecule has 8 nitrogen and oxygen atoms in total. The van der Waals surface area contributed by atoms with Gasteiger partial charge in [-0.3, -0.25) is 10.1 Å². The summed E-state index contributed by atoms with van der Waals surface area (Å²) in [5.41, 5.74) is 3.55. The Morgan fingerprint density at radius 3 is 2.36 bits per heavy atom. The summed E-state index contributed by atoms with van der Waals surface area (Å²) in [5.74, 6) is 0. The number of aryl methyl sites for hydroxylation is 2. The van der Waals surface area contributed by atoms with Gasteiger partial charge in [0.1, 0.15) is 4.21 Å². The molecule has 3 rings (SSSR count). The summed E-state index contributed by atoms with van der Waals surface area (Å²) in [6, 6.07) is 10.5. The van der Waals surface area contributed by atoms with Crippen molar-refractivity contribution < 1.29 is 13.3 Å². The van der Waals surface area contributed by atoms with E-state index in [2.05, 4.69) is 10.4 Å². The maximum Gasteiger partial charge on any atom is 0.304 e. The number of rotatable bonds is 6. The summed E-state index contributed by atoms with van der Waals surface area (Å²) in [4.78, 5) is 10.7. The van der Waals surface area contributed by atoms with E-state index >= 15 is 0 Å². The van der Waals surface area contributed by atoms with Gasteiger partial charge in [0, 0.05) is 24.1 Å². The third-order valence-electron chi connectivity index (χ3n) is 4.25. The zero-order valence-electron chi connectivity index (χ0n) is 15.8. The smallest absolute Gasteiger partial charge is 0.304 e. The number of benzene rings is 1. The summed E-state index contributed by atoms with van der Waals surface area (Å²) in [6.07, 6.45) is 1.04. The number of hydrogen-bond acceptors (Lipinski definition) is 7. The fourth-order valence-electron chi connectivity index (χ4n) is 2.86. The van der Waals surface area contributed by atoms with Crippen molar-refractivity contribution in [1.82, 2.24) is 9.78 Å². The minimum atomic E-state index is -3.51. The summed E-state index contributed by atoms with van der Waals surface area (Å²) in [7, 11) is -3.51. The Hall–Kier alpha value is -2.72. The maximum absolute atomic E-state index is 11.7. The molecule has 1 atom stereocenters. The Morgan fingerprint density at radius 2 is 1.86 bits per heavy atom. The standard InChI is InChI=1S/C18H20N4O4S2/c1-11-9-12(2)21(20-11)15-7-5-14(6-8-15)13(3)19-18-16(22(23)24)10-17(27-18)28(4,25)26/h5-10,13,19H,1-4H3. The molecule has 0 saturated carbocycles. The molecule has 0 aliphatic carbocycles. The highest BCUT2D eigenvalue weighted by Gasteiger charge is 2.25.